The van der Waals surface area contributed by atoms with E-state index in [2.05, 4.69) is 0 Å². The van der Waals surface area contributed by atoms with Crippen molar-refractivity contribution < 1.29 is 14.6 Å². The van der Waals surface area contributed by atoms with E-state index in [0.717, 1.165) is 16.7 Å². The second-order valence-corrected chi connectivity index (χ2v) is 5.61. The molecule has 2 aromatic rings. The fourth-order valence-electron chi connectivity index (χ4n) is 2.61. The van der Waals surface area contributed by atoms with Crippen molar-refractivity contribution in [2.24, 2.45) is 0 Å². The van der Waals surface area contributed by atoms with Gasteiger partial charge in [-0.15, -0.1) is 0 Å². The highest BCUT2D eigenvalue weighted by Crippen LogP contribution is 2.32. The van der Waals surface area contributed by atoms with Gasteiger partial charge in [0.15, 0.2) is 6.10 Å². The third kappa shape index (κ3) is 2.68. The molecule has 1 aliphatic carbocycles. The molecule has 22 heavy (non-hydrogen) atoms. The van der Waals surface area contributed by atoms with Crippen molar-refractivity contribution in [1.82, 2.24) is 0 Å². The number of aryl methyl sites for hydroxylation is 2. The second kappa shape index (κ2) is 5.78. The normalized spacial score (nSPS) is 19.6. The number of ether oxygens (including phenoxy) is 1. The Hall–Kier alpha value is -2.39. The largest absolute Gasteiger partial charge is 0.451 e. The molecule has 0 bridgehead atoms. The van der Waals surface area contributed by atoms with Crippen molar-refractivity contribution >= 4 is 12.0 Å². The summed E-state index contributed by atoms with van der Waals surface area (Å²) in [5.41, 5.74) is 4.55. The highest BCUT2D eigenvalue weighted by atomic mass is 16.6. The van der Waals surface area contributed by atoms with Crippen molar-refractivity contribution in [3.63, 3.8) is 0 Å². The van der Waals surface area contributed by atoms with Crippen LogP contribution in [0.15, 0.2) is 48.5 Å². The van der Waals surface area contributed by atoms with Gasteiger partial charge in [0, 0.05) is 0 Å². The second-order valence-electron chi connectivity index (χ2n) is 5.61. The number of aliphatic hydroxyl groups excluding tert-OH is 1. The summed E-state index contributed by atoms with van der Waals surface area (Å²) >= 11 is 0. The van der Waals surface area contributed by atoms with Crippen LogP contribution in [0.2, 0.25) is 0 Å². The van der Waals surface area contributed by atoms with Gasteiger partial charge in [0.05, 0.1) is 5.56 Å². The zero-order valence-electron chi connectivity index (χ0n) is 12.6. The molecule has 3 heteroatoms. The van der Waals surface area contributed by atoms with E-state index >= 15 is 0 Å². The summed E-state index contributed by atoms with van der Waals surface area (Å²) in [5.74, 6) is -0.429. The summed E-state index contributed by atoms with van der Waals surface area (Å²) in [5, 5.41) is 10.5. The van der Waals surface area contributed by atoms with E-state index < -0.39 is 18.2 Å². The first-order valence-corrected chi connectivity index (χ1v) is 7.29. The minimum atomic E-state index is -0.841. The average Bonchev–Trinajstić information content (AvgIpc) is 2.53. The van der Waals surface area contributed by atoms with Gasteiger partial charge in [-0.3, -0.25) is 0 Å². The predicted octanol–water partition coefficient (Wildman–Crippen LogP) is 3.59. The number of fused-ring (bicyclic) bond motifs is 1. The van der Waals surface area contributed by atoms with E-state index in [-0.39, 0.29) is 0 Å². The van der Waals surface area contributed by atoms with Crippen molar-refractivity contribution in [2.75, 3.05) is 0 Å². The molecule has 2 aromatic carbocycles. The third-order valence-corrected chi connectivity index (χ3v) is 4.05. The van der Waals surface area contributed by atoms with Crippen molar-refractivity contribution in [3.05, 3.63) is 76.4 Å². The number of carbonyl (C=O) groups excluding carboxylic acids is 1. The molecule has 0 fully saturated rings. The molecule has 0 aliphatic heterocycles. The standard InChI is InChI=1S/C19H18O3/c1-12-10-15-8-9-17(18(20)16(15)11-13(12)2)22-19(21)14-6-4-3-5-7-14/h3-11,17-18,20H,1-2H3/t17-,18-/m0/s1. The lowest BCUT2D eigenvalue weighted by atomic mass is 9.89. The van der Waals surface area contributed by atoms with Gasteiger partial charge in [-0.2, -0.15) is 0 Å². The summed E-state index contributed by atoms with van der Waals surface area (Å²) in [4.78, 5) is 12.1. The van der Waals surface area contributed by atoms with Crippen LogP contribution >= 0.6 is 0 Å². The molecule has 0 unspecified atom stereocenters. The molecule has 0 radical (unpaired) electrons. The summed E-state index contributed by atoms with van der Waals surface area (Å²) in [6, 6.07) is 12.8. The monoisotopic (exact) mass is 294 g/mol. The smallest absolute Gasteiger partial charge is 0.338 e. The quantitative estimate of drug-likeness (QED) is 0.861. The third-order valence-electron chi connectivity index (χ3n) is 4.05. The van der Waals surface area contributed by atoms with E-state index in [1.165, 1.54) is 5.56 Å². The Balaban J connectivity index is 1.83. The highest BCUT2D eigenvalue weighted by Gasteiger charge is 2.28. The Morgan fingerprint density at radius 1 is 1.09 bits per heavy atom. The Morgan fingerprint density at radius 2 is 1.77 bits per heavy atom. The van der Waals surface area contributed by atoms with Gasteiger partial charge < -0.3 is 9.84 Å². The van der Waals surface area contributed by atoms with Gasteiger partial charge in [-0.05, 0) is 54.3 Å². The van der Waals surface area contributed by atoms with Crippen LogP contribution in [0.4, 0.5) is 0 Å². The molecule has 0 spiro atoms. The fraction of sp³-hybridized carbons (Fsp3) is 0.211. The van der Waals surface area contributed by atoms with Gasteiger partial charge in [0.25, 0.3) is 0 Å². The molecule has 0 heterocycles. The SMILES string of the molecule is Cc1cc2c(cc1C)[C@H](O)[C@@H](OC(=O)c1ccccc1)C=C2. The van der Waals surface area contributed by atoms with E-state index in [9.17, 15) is 9.90 Å². The number of rotatable bonds is 2. The molecular weight excluding hydrogens is 276 g/mol. The van der Waals surface area contributed by atoms with Crippen LogP contribution in [0.25, 0.3) is 6.08 Å². The minimum Gasteiger partial charge on any atom is -0.451 e. The number of esters is 1. The maximum atomic E-state index is 12.1. The maximum absolute atomic E-state index is 12.1. The topological polar surface area (TPSA) is 46.5 Å². The van der Waals surface area contributed by atoms with Crippen LogP contribution in [-0.2, 0) is 4.74 Å². The first-order valence-electron chi connectivity index (χ1n) is 7.29. The maximum Gasteiger partial charge on any atom is 0.338 e. The summed E-state index contributed by atoms with van der Waals surface area (Å²) < 4.78 is 5.44. The first-order chi connectivity index (χ1) is 10.6. The Bertz CT molecular complexity index is 732. The van der Waals surface area contributed by atoms with Crippen LogP contribution in [0.3, 0.4) is 0 Å². The zero-order chi connectivity index (χ0) is 15.7. The predicted molar refractivity (Wildman–Crippen MR) is 85.6 cm³/mol. The minimum absolute atomic E-state index is 0.429. The van der Waals surface area contributed by atoms with E-state index in [1.807, 2.05) is 38.1 Å². The Morgan fingerprint density at radius 3 is 2.50 bits per heavy atom. The molecule has 1 aliphatic rings. The molecular formula is C19H18O3. The van der Waals surface area contributed by atoms with Crippen LogP contribution in [-0.4, -0.2) is 17.2 Å². The first kappa shape index (κ1) is 14.5. The van der Waals surface area contributed by atoms with E-state index in [1.54, 1.807) is 30.3 Å². The number of aliphatic hydroxyl groups is 1. The highest BCUT2D eigenvalue weighted by molar-refractivity contribution is 5.89. The molecule has 1 N–H and O–H groups in total. The lowest BCUT2D eigenvalue weighted by Gasteiger charge is -2.26. The molecule has 3 rings (SSSR count). The van der Waals surface area contributed by atoms with Gasteiger partial charge >= 0.3 is 5.97 Å². The lowest BCUT2D eigenvalue weighted by molar-refractivity contribution is -0.00118. The van der Waals surface area contributed by atoms with Crippen molar-refractivity contribution in [2.45, 2.75) is 26.1 Å². The molecule has 2 atom stereocenters. The molecule has 0 amide bonds. The Kier molecular flexibility index (Phi) is 3.82. The van der Waals surface area contributed by atoms with Crippen LogP contribution in [0.5, 0.6) is 0 Å². The van der Waals surface area contributed by atoms with Gasteiger partial charge in [-0.25, -0.2) is 4.79 Å². The van der Waals surface area contributed by atoms with Crippen molar-refractivity contribution in [3.8, 4) is 0 Å². The summed E-state index contributed by atoms with van der Waals surface area (Å²) in [6.07, 6.45) is 2.13. The lowest BCUT2D eigenvalue weighted by Crippen LogP contribution is -2.26. The van der Waals surface area contributed by atoms with Crippen LogP contribution < -0.4 is 0 Å². The number of carbonyl (C=O) groups is 1. The molecule has 0 saturated heterocycles. The number of hydrogen-bond acceptors (Lipinski definition) is 3. The molecule has 0 saturated carbocycles. The average molecular weight is 294 g/mol. The van der Waals surface area contributed by atoms with Crippen LogP contribution in [0.1, 0.15) is 38.7 Å². The van der Waals surface area contributed by atoms with E-state index in [4.69, 9.17) is 4.74 Å². The van der Waals surface area contributed by atoms with Gasteiger partial charge in [0.1, 0.15) is 6.10 Å². The van der Waals surface area contributed by atoms with Gasteiger partial charge in [0.2, 0.25) is 0 Å². The summed E-state index contributed by atoms with van der Waals surface area (Å²) in [7, 11) is 0. The number of hydrogen-bond donors (Lipinski definition) is 1. The van der Waals surface area contributed by atoms with Crippen molar-refractivity contribution in [1.29, 1.82) is 0 Å². The Labute approximate surface area is 129 Å². The molecule has 0 aromatic heterocycles. The zero-order valence-corrected chi connectivity index (χ0v) is 12.6. The van der Waals surface area contributed by atoms with Gasteiger partial charge in [-0.1, -0.05) is 36.4 Å². The fourth-order valence-corrected chi connectivity index (χ4v) is 2.61. The molecule has 112 valence electrons. The molecule has 3 nitrogen and oxygen atoms in total. The van der Waals surface area contributed by atoms with E-state index in [0.29, 0.717) is 5.56 Å². The summed E-state index contributed by atoms with van der Waals surface area (Å²) in [6.45, 7) is 4.04. The number of benzene rings is 2. The van der Waals surface area contributed by atoms with Crippen LogP contribution in [0, 0.1) is 13.8 Å².